The van der Waals surface area contributed by atoms with E-state index in [1.807, 2.05) is 60.7 Å². The number of amides is 1. The first kappa shape index (κ1) is 19.0. The van der Waals surface area contributed by atoms with Gasteiger partial charge in [-0.25, -0.2) is 5.01 Å². The van der Waals surface area contributed by atoms with Crippen molar-refractivity contribution in [1.82, 2.24) is 0 Å². The number of unbranched alkanes of at least 4 members (excludes halogenated alkanes) is 1. The zero-order chi connectivity index (χ0) is 16.2. The number of rotatable bonds is 5. The molecule has 2 aromatic carbocycles. The summed E-state index contributed by atoms with van der Waals surface area (Å²) in [4.78, 5) is 12.9. The standard InChI is InChI=1S/C19H21N2O2.Na/c1-2-3-14-17-18(22)20(15-10-6-4-7-11-15)21(19(17)23)16-12-8-5-9-13-16;/h4-13,17-18H,2-3,14H2,1H3;/q-1;+1. The van der Waals surface area contributed by atoms with Gasteiger partial charge in [0.2, 0.25) is 5.91 Å². The normalized spacial score (nSPS) is 20.2. The minimum absolute atomic E-state index is 0. The van der Waals surface area contributed by atoms with Crippen LogP contribution in [-0.4, -0.2) is 12.1 Å². The van der Waals surface area contributed by atoms with Crippen LogP contribution in [0.4, 0.5) is 11.4 Å². The Kier molecular flexibility index (Phi) is 6.87. The van der Waals surface area contributed by atoms with E-state index in [0.29, 0.717) is 6.42 Å². The van der Waals surface area contributed by atoms with E-state index < -0.39 is 12.1 Å². The van der Waals surface area contributed by atoms with E-state index in [1.165, 1.54) is 0 Å². The Hall–Kier alpha value is -1.33. The smallest absolute Gasteiger partial charge is 0.834 e. The molecule has 1 aliphatic heterocycles. The van der Waals surface area contributed by atoms with E-state index in [1.54, 1.807) is 10.0 Å². The van der Waals surface area contributed by atoms with Gasteiger partial charge in [0.1, 0.15) is 0 Å². The van der Waals surface area contributed by atoms with Crippen LogP contribution in [-0.2, 0) is 4.79 Å². The quantitative estimate of drug-likeness (QED) is 0.722. The number of benzene rings is 2. The molecule has 1 heterocycles. The summed E-state index contributed by atoms with van der Waals surface area (Å²) in [6.07, 6.45) is 1.42. The van der Waals surface area contributed by atoms with Gasteiger partial charge in [-0.05, 0) is 36.9 Å². The fourth-order valence-electron chi connectivity index (χ4n) is 3.02. The van der Waals surface area contributed by atoms with E-state index in [2.05, 4.69) is 6.92 Å². The van der Waals surface area contributed by atoms with Crippen LogP contribution in [0.15, 0.2) is 60.7 Å². The van der Waals surface area contributed by atoms with Gasteiger partial charge in [-0.2, -0.15) is 0 Å². The molecule has 2 unspecified atom stereocenters. The molecule has 120 valence electrons. The second-order valence-corrected chi connectivity index (χ2v) is 5.80. The maximum atomic E-state index is 13.0. The van der Waals surface area contributed by atoms with Crippen molar-refractivity contribution in [3.8, 4) is 0 Å². The van der Waals surface area contributed by atoms with Gasteiger partial charge in [0.05, 0.1) is 11.4 Å². The first-order valence-corrected chi connectivity index (χ1v) is 8.13. The van der Waals surface area contributed by atoms with Crippen molar-refractivity contribution in [3.05, 3.63) is 60.7 Å². The average Bonchev–Trinajstić information content (AvgIpc) is 2.85. The van der Waals surface area contributed by atoms with Crippen molar-refractivity contribution in [2.45, 2.75) is 32.4 Å². The molecular formula is C19H21N2NaO2. The maximum absolute atomic E-state index is 13.0. The Balaban J connectivity index is 0.00000208. The van der Waals surface area contributed by atoms with Gasteiger partial charge < -0.3 is 5.11 Å². The van der Waals surface area contributed by atoms with Gasteiger partial charge in [0.15, 0.2) is 0 Å². The third-order valence-corrected chi connectivity index (χ3v) is 4.22. The maximum Gasteiger partial charge on any atom is 1.00 e. The van der Waals surface area contributed by atoms with E-state index >= 15 is 0 Å². The van der Waals surface area contributed by atoms with Crippen LogP contribution in [0.3, 0.4) is 0 Å². The second-order valence-electron chi connectivity index (χ2n) is 5.80. The Labute approximate surface area is 165 Å². The first-order valence-electron chi connectivity index (χ1n) is 8.13. The Morgan fingerprint density at radius 1 is 0.958 bits per heavy atom. The van der Waals surface area contributed by atoms with Crippen molar-refractivity contribution in [3.63, 3.8) is 0 Å². The molecule has 1 amide bonds. The first-order chi connectivity index (χ1) is 11.2. The third kappa shape index (κ3) is 3.67. The van der Waals surface area contributed by atoms with Gasteiger partial charge in [-0.3, -0.25) is 9.80 Å². The number of para-hydroxylation sites is 2. The van der Waals surface area contributed by atoms with Crippen molar-refractivity contribution in [2.24, 2.45) is 5.92 Å². The molecule has 24 heavy (non-hydrogen) atoms. The zero-order valence-corrected chi connectivity index (χ0v) is 16.3. The minimum Gasteiger partial charge on any atom is -0.834 e. The van der Waals surface area contributed by atoms with E-state index in [9.17, 15) is 9.90 Å². The van der Waals surface area contributed by atoms with Crippen LogP contribution < -0.4 is 44.7 Å². The molecule has 0 radical (unpaired) electrons. The van der Waals surface area contributed by atoms with Crippen LogP contribution in [0.2, 0.25) is 0 Å². The van der Waals surface area contributed by atoms with E-state index in [-0.39, 0.29) is 35.5 Å². The molecule has 1 aliphatic rings. The topological polar surface area (TPSA) is 46.6 Å². The van der Waals surface area contributed by atoms with Crippen molar-refractivity contribution < 1.29 is 39.5 Å². The van der Waals surface area contributed by atoms with Gasteiger partial charge in [0, 0.05) is 5.92 Å². The van der Waals surface area contributed by atoms with Crippen LogP contribution >= 0.6 is 0 Å². The number of carbonyl (C=O) groups excluding carboxylic acids is 1. The van der Waals surface area contributed by atoms with Crippen LogP contribution in [0.25, 0.3) is 0 Å². The summed E-state index contributed by atoms with van der Waals surface area (Å²) in [5.74, 6) is -0.608. The molecule has 5 heteroatoms. The molecule has 0 N–H and O–H groups in total. The predicted molar refractivity (Wildman–Crippen MR) is 89.7 cm³/mol. The van der Waals surface area contributed by atoms with E-state index in [0.717, 1.165) is 24.2 Å². The SMILES string of the molecule is CCCCC1C(=O)N(c2ccccc2)N(c2ccccc2)C1[O-].[Na+]. The molecule has 2 aromatic rings. The molecule has 0 saturated carbocycles. The molecule has 4 nitrogen and oxygen atoms in total. The fraction of sp³-hybridized carbons (Fsp3) is 0.316. The Morgan fingerprint density at radius 3 is 2.04 bits per heavy atom. The van der Waals surface area contributed by atoms with Crippen molar-refractivity contribution in [1.29, 1.82) is 0 Å². The largest absolute Gasteiger partial charge is 1.00 e. The number of carbonyl (C=O) groups is 1. The summed E-state index contributed by atoms with van der Waals surface area (Å²) in [6.45, 7) is 2.07. The number of hydrogen-bond acceptors (Lipinski definition) is 3. The monoisotopic (exact) mass is 332 g/mol. The molecule has 0 aliphatic carbocycles. The number of nitrogens with zero attached hydrogens (tertiary/aromatic N) is 2. The van der Waals surface area contributed by atoms with Crippen LogP contribution in [0.1, 0.15) is 26.2 Å². The average molecular weight is 332 g/mol. The summed E-state index contributed by atoms with van der Waals surface area (Å²) in [5.41, 5.74) is 1.49. The van der Waals surface area contributed by atoms with Crippen LogP contribution in [0, 0.1) is 5.92 Å². The minimum atomic E-state index is -1.09. The summed E-state index contributed by atoms with van der Waals surface area (Å²) in [7, 11) is 0. The van der Waals surface area contributed by atoms with Gasteiger partial charge >= 0.3 is 29.6 Å². The molecule has 3 rings (SSSR count). The predicted octanol–water partition coefficient (Wildman–Crippen LogP) is -0.0484. The summed E-state index contributed by atoms with van der Waals surface area (Å²) in [5, 5.41) is 16.1. The van der Waals surface area contributed by atoms with Crippen molar-refractivity contribution in [2.75, 3.05) is 10.0 Å². The van der Waals surface area contributed by atoms with Crippen LogP contribution in [0.5, 0.6) is 0 Å². The summed E-state index contributed by atoms with van der Waals surface area (Å²) in [6, 6.07) is 18.8. The van der Waals surface area contributed by atoms with Gasteiger partial charge in [0.25, 0.3) is 0 Å². The number of hydrogen-bond donors (Lipinski definition) is 0. The van der Waals surface area contributed by atoms with Gasteiger partial charge in [-0.1, -0.05) is 56.2 Å². The number of hydrazine groups is 1. The zero-order valence-electron chi connectivity index (χ0n) is 14.3. The van der Waals surface area contributed by atoms with Crippen molar-refractivity contribution >= 4 is 17.3 Å². The molecule has 1 saturated heterocycles. The Morgan fingerprint density at radius 2 is 1.50 bits per heavy atom. The summed E-state index contributed by atoms with van der Waals surface area (Å²) >= 11 is 0. The number of anilines is 2. The fourth-order valence-corrected chi connectivity index (χ4v) is 3.02. The molecule has 0 aromatic heterocycles. The Bertz CT molecular complexity index is 651. The molecular weight excluding hydrogens is 311 g/mol. The molecule has 1 fully saturated rings. The molecule has 2 atom stereocenters. The summed E-state index contributed by atoms with van der Waals surface area (Å²) < 4.78 is 0. The van der Waals surface area contributed by atoms with E-state index in [4.69, 9.17) is 0 Å². The second kappa shape index (κ2) is 8.67. The molecule has 0 spiro atoms. The third-order valence-electron chi connectivity index (χ3n) is 4.22. The molecule has 0 bridgehead atoms. The van der Waals surface area contributed by atoms with Gasteiger partial charge in [-0.15, -0.1) is 0 Å².